The summed E-state index contributed by atoms with van der Waals surface area (Å²) < 4.78 is 6.02. The third kappa shape index (κ3) is 5.74. The molecule has 0 radical (unpaired) electrons. The summed E-state index contributed by atoms with van der Waals surface area (Å²) in [7, 11) is 0. The first kappa shape index (κ1) is 19.2. The normalized spacial score (nSPS) is 10.2. The van der Waals surface area contributed by atoms with Crippen molar-refractivity contribution < 1.29 is 9.94 Å². The van der Waals surface area contributed by atoms with Gasteiger partial charge in [0.1, 0.15) is 11.5 Å². The van der Waals surface area contributed by atoms with Crippen LogP contribution in [0.1, 0.15) is 30.5 Å². The standard InChI is InChI=1S/C16H18O.C6H6N2O/c1-3-13-9-5-7-11-15(13)17-16-12-8-6-10-14(16)4-2;9-8-5-6-2-1-3-7-4-6/h5-12H,3-4H2,1-2H3;1-5,9H/b;8-5+. The lowest BCUT2D eigenvalue weighted by molar-refractivity contribution is 0.322. The summed E-state index contributed by atoms with van der Waals surface area (Å²) in [6.45, 7) is 4.29. The summed E-state index contributed by atoms with van der Waals surface area (Å²) in [6, 6.07) is 20.0. The third-order valence-corrected chi connectivity index (χ3v) is 3.82. The number of ether oxygens (including phenoxy) is 1. The predicted molar refractivity (Wildman–Crippen MR) is 105 cm³/mol. The number of pyridine rings is 1. The van der Waals surface area contributed by atoms with E-state index in [2.05, 4.69) is 48.3 Å². The second-order valence-corrected chi connectivity index (χ2v) is 5.56. The molecule has 0 fully saturated rings. The molecular weight excluding hydrogens is 324 g/mol. The molecule has 0 aliphatic heterocycles. The van der Waals surface area contributed by atoms with Crippen molar-refractivity contribution in [1.82, 2.24) is 4.98 Å². The number of oxime groups is 1. The van der Waals surface area contributed by atoms with Crippen LogP contribution in [0.5, 0.6) is 11.5 Å². The Bertz CT molecular complexity index is 772. The number of para-hydroxylation sites is 2. The number of aryl methyl sites for hydroxylation is 2. The lowest BCUT2D eigenvalue weighted by atomic mass is 10.1. The first-order valence-corrected chi connectivity index (χ1v) is 8.69. The number of nitrogens with zero attached hydrogens (tertiary/aromatic N) is 2. The highest BCUT2D eigenvalue weighted by Gasteiger charge is 2.05. The minimum atomic E-state index is 0.792. The van der Waals surface area contributed by atoms with Crippen LogP contribution in [-0.2, 0) is 12.8 Å². The van der Waals surface area contributed by atoms with Crippen molar-refractivity contribution in [3.63, 3.8) is 0 Å². The molecule has 2 aromatic carbocycles. The van der Waals surface area contributed by atoms with Gasteiger partial charge in [-0.05, 0) is 42.2 Å². The molecule has 3 aromatic rings. The fraction of sp³-hybridized carbons (Fsp3) is 0.182. The van der Waals surface area contributed by atoms with Crippen LogP contribution in [0.15, 0.2) is 78.2 Å². The van der Waals surface area contributed by atoms with Crippen LogP contribution in [-0.4, -0.2) is 16.4 Å². The Labute approximate surface area is 154 Å². The van der Waals surface area contributed by atoms with Gasteiger partial charge in [0, 0.05) is 18.0 Å². The predicted octanol–water partition coefficient (Wildman–Crippen LogP) is 5.49. The largest absolute Gasteiger partial charge is 0.457 e. The number of rotatable bonds is 5. The van der Waals surface area contributed by atoms with Gasteiger partial charge in [-0.1, -0.05) is 61.5 Å². The molecule has 0 spiro atoms. The zero-order valence-electron chi connectivity index (χ0n) is 15.2. The van der Waals surface area contributed by atoms with Gasteiger partial charge in [-0.25, -0.2) is 0 Å². The molecule has 134 valence electrons. The number of benzene rings is 2. The van der Waals surface area contributed by atoms with E-state index in [-0.39, 0.29) is 0 Å². The average Bonchev–Trinajstić information content (AvgIpc) is 2.70. The molecule has 0 amide bonds. The Morgan fingerprint density at radius 3 is 1.92 bits per heavy atom. The molecule has 0 atom stereocenters. The Kier molecular flexibility index (Phi) is 7.87. The van der Waals surface area contributed by atoms with E-state index in [0.717, 1.165) is 29.9 Å². The van der Waals surface area contributed by atoms with Crippen molar-refractivity contribution in [2.75, 3.05) is 0 Å². The minimum absolute atomic E-state index is 0.792. The van der Waals surface area contributed by atoms with Crippen LogP contribution in [0.25, 0.3) is 0 Å². The maximum Gasteiger partial charge on any atom is 0.130 e. The number of hydrogen-bond acceptors (Lipinski definition) is 4. The molecule has 1 heterocycles. The van der Waals surface area contributed by atoms with Crippen LogP contribution in [0.3, 0.4) is 0 Å². The Morgan fingerprint density at radius 2 is 1.46 bits per heavy atom. The van der Waals surface area contributed by atoms with E-state index in [0.29, 0.717) is 0 Å². The van der Waals surface area contributed by atoms with Crippen LogP contribution < -0.4 is 4.74 Å². The fourth-order valence-corrected chi connectivity index (χ4v) is 2.43. The van der Waals surface area contributed by atoms with E-state index >= 15 is 0 Å². The van der Waals surface area contributed by atoms with Crippen molar-refractivity contribution in [1.29, 1.82) is 0 Å². The van der Waals surface area contributed by atoms with Crippen molar-refractivity contribution >= 4 is 6.21 Å². The Morgan fingerprint density at radius 1 is 0.885 bits per heavy atom. The monoisotopic (exact) mass is 348 g/mol. The van der Waals surface area contributed by atoms with Gasteiger partial charge in [0.05, 0.1) is 6.21 Å². The molecule has 0 saturated carbocycles. The van der Waals surface area contributed by atoms with Gasteiger partial charge in [-0.2, -0.15) is 0 Å². The lowest BCUT2D eigenvalue weighted by Gasteiger charge is -2.12. The van der Waals surface area contributed by atoms with Crippen molar-refractivity contribution in [3.8, 4) is 11.5 Å². The molecule has 0 unspecified atom stereocenters. The molecule has 0 aliphatic rings. The lowest BCUT2D eigenvalue weighted by Crippen LogP contribution is -1.93. The summed E-state index contributed by atoms with van der Waals surface area (Å²) in [5.74, 6) is 1.94. The maximum absolute atomic E-state index is 8.06. The summed E-state index contributed by atoms with van der Waals surface area (Å²) in [4.78, 5) is 3.80. The average molecular weight is 348 g/mol. The van der Waals surface area contributed by atoms with Crippen molar-refractivity contribution in [3.05, 3.63) is 89.7 Å². The quantitative estimate of drug-likeness (QED) is 0.377. The van der Waals surface area contributed by atoms with E-state index < -0.39 is 0 Å². The van der Waals surface area contributed by atoms with E-state index in [1.807, 2.05) is 24.3 Å². The van der Waals surface area contributed by atoms with Crippen molar-refractivity contribution in [2.24, 2.45) is 5.16 Å². The van der Waals surface area contributed by atoms with Gasteiger partial charge in [0.15, 0.2) is 0 Å². The molecule has 0 aliphatic carbocycles. The third-order valence-electron chi connectivity index (χ3n) is 3.82. The topological polar surface area (TPSA) is 54.7 Å². The smallest absolute Gasteiger partial charge is 0.130 e. The van der Waals surface area contributed by atoms with E-state index in [4.69, 9.17) is 9.94 Å². The number of hydrogen-bond donors (Lipinski definition) is 1. The SMILES string of the molecule is CCc1ccccc1Oc1ccccc1CC.O/N=C/c1cccnc1. The highest BCUT2D eigenvalue weighted by Crippen LogP contribution is 2.28. The molecule has 1 N–H and O–H groups in total. The number of aromatic nitrogens is 1. The maximum atomic E-state index is 8.06. The van der Waals surface area contributed by atoms with Crippen LogP contribution in [0.2, 0.25) is 0 Å². The van der Waals surface area contributed by atoms with E-state index in [9.17, 15) is 0 Å². The molecule has 1 aromatic heterocycles. The van der Waals surface area contributed by atoms with Gasteiger partial charge in [0.25, 0.3) is 0 Å². The Hall–Kier alpha value is -3.14. The second kappa shape index (κ2) is 10.7. The van der Waals surface area contributed by atoms with Gasteiger partial charge in [0.2, 0.25) is 0 Å². The van der Waals surface area contributed by atoms with Gasteiger partial charge >= 0.3 is 0 Å². The first-order chi connectivity index (χ1) is 12.8. The zero-order valence-corrected chi connectivity index (χ0v) is 15.2. The molecule has 26 heavy (non-hydrogen) atoms. The van der Waals surface area contributed by atoms with Gasteiger partial charge in [-0.15, -0.1) is 0 Å². The summed E-state index contributed by atoms with van der Waals surface area (Å²) in [5.41, 5.74) is 3.29. The molecule has 3 rings (SSSR count). The van der Waals surface area contributed by atoms with E-state index in [1.165, 1.54) is 17.3 Å². The van der Waals surface area contributed by atoms with Gasteiger partial charge in [-0.3, -0.25) is 4.98 Å². The molecule has 4 nitrogen and oxygen atoms in total. The van der Waals surface area contributed by atoms with Crippen LogP contribution in [0.4, 0.5) is 0 Å². The zero-order chi connectivity index (χ0) is 18.6. The minimum Gasteiger partial charge on any atom is -0.457 e. The molecule has 0 saturated heterocycles. The Balaban J connectivity index is 0.000000228. The highest BCUT2D eigenvalue weighted by molar-refractivity contribution is 5.78. The summed E-state index contributed by atoms with van der Waals surface area (Å²) >= 11 is 0. The second-order valence-electron chi connectivity index (χ2n) is 5.56. The summed E-state index contributed by atoms with van der Waals surface area (Å²) in [6.07, 6.45) is 6.58. The van der Waals surface area contributed by atoms with Crippen molar-refractivity contribution in [2.45, 2.75) is 26.7 Å². The molecule has 4 heteroatoms. The van der Waals surface area contributed by atoms with E-state index in [1.54, 1.807) is 24.5 Å². The molecular formula is C22H24N2O2. The highest BCUT2D eigenvalue weighted by atomic mass is 16.5. The molecule has 0 bridgehead atoms. The van der Waals surface area contributed by atoms with Crippen LogP contribution in [0, 0.1) is 0 Å². The van der Waals surface area contributed by atoms with Gasteiger partial charge < -0.3 is 9.94 Å². The summed E-state index contributed by atoms with van der Waals surface area (Å²) in [5, 5.41) is 10.9. The van der Waals surface area contributed by atoms with Crippen LogP contribution >= 0.6 is 0 Å². The fourth-order valence-electron chi connectivity index (χ4n) is 2.43. The first-order valence-electron chi connectivity index (χ1n) is 8.69.